The van der Waals surface area contributed by atoms with Crippen LogP contribution in [0.5, 0.6) is 0 Å². The number of pyridine rings is 1. The molecule has 0 saturated carbocycles. The molecular formula is C15H18N2O. The predicted octanol–water partition coefficient (Wildman–Crippen LogP) is 2.16. The Morgan fingerprint density at radius 3 is 3.22 bits per heavy atom. The van der Waals surface area contributed by atoms with Crippen LogP contribution in [0.2, 0.25) is 0 Å². The summed E-state index contributed by atoms with van der Waals surface area (Å²) in [4.78, 5) is 4.34. The lowest BCUT2D eigenvalue weighted by molar-refractivity contribution is 0.0743. The van der Waals surface area contributed by atoms with Crippen molar-refractivity contribution in [3.05, 3.63) is 42.1 Å². The highest BCUT2D eigenvalue weighted by molar-refractivity contribution is 5.78. The van der Waals surface area contributed by atoms with Gasteiger partial charge in [-0.3, -0.25) is 4.98 Å². The van der Waals surface area contributed by atoms with Gasteiger partial charge < -0.3 is 10.1 Å². The molecule has 1 unspecified atom stereocenters. The van der Waals surface area contributed by atoms with Gasteiger partial charge in [0.05, 0.1) is 18.7 Å². The monoisotopic (exact) mass is 242 g/mol. The third-order valence-electron chi connectivity index (χ3n) is 3.45. The number of hydrogen-bond donors (Lipinski definition) is 1. The lowest BCUT2D eigenvalue weighted by atomic mass is 10.0. The topological polar surface area (TPSA) is 34.1 Å². The second-order valence-electron chi connectivity index (χ2n) is 4.80. The van der Waals surface area contributed by atoms with Crippen LogP contribution in [0.25, 0.3) is 10.9 Å². The number of aromatic nitrogens is 1. The summed E-state index contributed by atoms with van der Waals surface area (Å²) in [5.74, 6) is 0. The molecule has 0 aliphatic carbocycles. The molecular weight excluding hydrogens is 224 g/mol. The van der Waals surface area contributed by atoms with Crippen molar-refractivity contribution < 1.29 is 4.74 Å². The van der Waals surface area contributed by atoms with Crippen molar-refractivity contribution in [3.63, 3.8) is 0 Å². The van der Waals surface area contributed by atoms with Crippen LogP contribution in [-0.4, -0.2) is 30.8 Å². The molecule has 1 saturated heterocycles. The summed E-state index contributed by atoms with van der Waals surface area (Å²) >= 11 is 0. The molecule has 1 aromatic carbocycles. The zero-order chi connectivity index (χ0) is 12.2. The van der Waals surface area contributed by atoms with Crippen LogP contribution < -0.4 is 5.32 Å². The van der Waals surface area contributed by atoms with E-state index in [-0.39, 0.29) is 0 Å². The maximum atomic E-state index is 5.47. The Labute approximate surface area is 107 Å². The van der Waals surface area contributed by atoms with Crippen LogP contribution in [0.3, 0.4) is 0 Å². The fourth-order valence-corrected chi connectivity index (χ4v) is 2.43. The number of hydrogen-bond acceptors (Lipinski definition) is 3. The molecule has 1 N–H and O–H groups in total. The van der Waals surface area contributed by atoms with Crippen LogP contribution in [0.15, 0.2) is 36.5 Å². The Morgan fingerprint density at radius 2 is 2.33 bits per heavy atom. The van der Waals surface area contributed by atoms with Crippen LogP contribution in [0.4, 0.5) is 0 Å². The van der Waals surface area contributed by atoms with Crippen molar-refractivity contribution in [1.82, 2.24) is 10.3 Å². The minimum Gasteiger partial charge on any atom is -0.379 e. The maximum Gasteiger partial charge on any atom is 0.0702 e. The fourth-order valence-electron chi connectivity index (χ4n) is 2.43. The second kappa shape index (κ2) is 5.46. The highest BCUT2D eigenvalue weighted by atomic mass is 16.5. The van der Waals surface area contributed by atoms with Gasteiger partial charge in [-0.2, -0.15) is 0 Å². The molecule has 3 heteroatoms. The summed E-state index contributed by atoms with van der Waals surface area (Å²) in [6.45, 7) is 2.67. The number of aryl methyl sites for hydroxylation is 1. The van der Waals surface area contributed by atoms with Gasteiger partial charge in [0.1, 0.15) is 0 Å². The minimum absolute atomic E-state index is 0.503. The van der Waals surface area contributed by atoms with Crippen molar-refractivity contribution in [2.45, 2.75) is 18.9 Å². The SMILES string of the molecule is c1cnc2ccc(CCC3COCCN3)cc2c1. The van der Waals surface area contributed by atoms with Crippen molar-refractivity contribution in [2.75, 3.05) is 19.8 Å². The minimum atomic E-state index is 0.503. The number of ether oxygens (including phenoxy) is 1. The average molecular weight is 242 g/mol. The van der Waals surface area contributed by atoms with E-state index in [4.69, 9.17) is 4.74 Å². The first-order valence-corrected chi connectivity index (χ1v) is 6.56. The standard InChI is InChI=1S/C15H18N2O/c1-2-13-10-12(4-6-15(13)17-7-1)3-5-14-11-18-9-8-16-14/h1-2,4,6-7,10,14,16H,3,5,8-9,11H2. The lowest BCUT2D eigenvalue weighted by Gasteiger charge is -2.23. The molecule has 1 aliphatic rings. The molecule has 3 rings (SSSR count). The van der Waals surface area contributed by atoms with Gasteiger partial charge in [0.25, 0.3) is 0 Å². The van der Waals surface area contributed by atoms with Gasteiger partial charge in [-0.15, -0.1) is 0 Å². The molecule has 94 valence electrons. The lowest BCUT2D eigenvalue weighted by Crippen LogP contribution is -2.41. The van der Waals surface area contributed by atoms with E-state index in [0.717, 1.165) is 38.1 Å². The smallest absolute Gasteiger partial charge is 0.0702 e. The van der Waals surface area contributed by atoms with Crippen molar-refractivity contribution in [3.8, 4) is 0 Å². The van der Waals surface area contributed by atoms with E-state index in [1.54, 1.807) is 0 Å². The Bertz CT molecular complexity index is 521. The van der Waals surface area contributed by atoms with Gasteiger partial charge in [0.2, 0.25) is 0 Å². The van der Waals surface area contributed by atoms with E-state index in [9.17, 15) is 0 Å². The Hall–Kier alpha value is -1.45. The number of rotatable bonds is 3. The third-order valence-corrected chi connectivity index (χ3v) is 3.45. The molecule has 2 aromatic rings. The van der Waals surface area contributed by atoms with Crippen LogP contribution in [0.1, 0.15) is 12.0 Å². The molecule has 0 radical (unpaired) electrons. The fraction of sp³-hybridized carbons (Fsp3) is 0.400. The molecule has 0 spiro atoms. The van der Waals surface area contributed by atoms with E-state index in [1.807, 2.05) is 12.3 Å². The Morgan fingerprint density at radius 1 is 1.33 bits per heavy atom. The van der Waals surface area contributed by atoms with Crippen molar-refractivity contribution in [2.24, 2.45) is 0 Å². The third kappa shape index (κ3) is 2.68. The first-order valence-electron chi connectivity index (χ1n) is 6.56. The van der Waals surface area contributed by atoms with E-state index < -0.39 is 0 Å². The molecule has 2 heterocycles. The summed E-state index contributed by atoms with van der Waals surface area (Å²) in [7, 11) is 0. The molecule has 18 heavy (non-hydrogen) atoms. The van der Waals surface area contributed by atoms with E-state index in [2.05, 4.69) is 34.6 Å². The average Bonchev–Trinajstić information content (AvgIpc) is 2.46. The quantitative estimate of drug-likeness (QED) is 0.895. The molecule has 3 nitrogen and oxygen atoms in total. The summed E-state index contributed by atoms with van der Waals surface area (Å²) in [5.41, 5.74) is 2.45. The largest absolute Gasteiger partial charge is 0.379 e. The van der Waals surface area contributed by atoms with E-state index in [1.165, 1.54) is 10.9 Å². The zero-order valence-electron chi connectivity index (χ0n) is 10.4. The van der Waals surface area contributed by atoms with Gasteiger partial charge in [0.15, 0.2) is 0 Å². The van der Waals surface area contributed by atoms with Crippen molar-refractivity contribution >= 4 is 10.9 Å². The summed E-state index contributed by atoms with van der Waals surface area (Å²) in [5, 5.41) is 4.71. The van der Waals surface area contributed by atoms with Crippen LogP contribution in [-0.2, 0) is 11.2 Å². The first-order chi connectivity index (χ1) is 8.92. The summed E-state index contributed by atoms with van der Waals surface area (Å²) in [6, 6.07) is 11.1. The number of nitrogens with zero attached hydrogens (tertiary/aromatic N) is 1. The maximum absolute atomic E-state index is 5.47. The second-order valence-corrected chi connectivity index (χ2v) is 4.80. The molecule has 0 amide bonds. The number of nitrogens with one attached hydrogen (secondary N) is 1. The zero-order valence-corrected chi connectivity index (χ0v) is 10.4. The molecule has 1 atom stereocenters. The number of fused-ring (bicyclic) bond motifs is 1. The van der Waals surface area contributed by atoms with Gasteiger partial charge >= 0.3 is 0 Å². The predicted molar refractivity (Wildman–Crippen MR) is 72.7 cm³/mol. The van der Waals surface area contributed by atoms with Crippen molar-refractivity contribution in [1.29, 1.82) is 0 Å². The van der Waals surface area contributed by atoms with Crippen LogP contribution in [0, 0.1) is 0 Å². The van der Waals surface area contributed by atoms with E-state index >= 15 is 0 Å². The normalized spacial score (nSPS) is 20.1. The highest BCUT2D eigenvalue weighted by Crippen LogP contribution is 2.15. The Balaban J connectivity index is 1.66. The first kappa shape index (κ1) is 11.6. The number of benzene rings is 1. The highest BCUT2D eigenvalue weighted by Gasteiger charge is 2.12. The molecule has 1 fully saturated rings. The van der Waals surface area contributed by atoms with Gasteiger partial charge in [-0.05, 0) is 36.6 Å². The number of morpholine rings is 1. The summed E-state index contributed by atoms with van der Waals surface area (Å²) in [6.07, 6.45) is 4.06. The Kier molecular flexibility index (Phi) is 3.53. The molecule has 0 bridgehead atoms. The van der Waals surface area contributed by atoms with Gasteiger partial charge in [-0.1, -0.05) is 12.1 Å². The molecule has 1 aliphatic heterocycles. The van der Waals surface area contributed by atoms with Gasteiger partial charge in [0, 0.05) is 24.2 Å². The van der Waals surface area contributed by atoms with Gasteiger partial charge in [-0.25, -0.2) is 0 Å². The summed E-state index contributed by atoms with van der Waals surface area (Å²) < 4.78 is 5.47. The molecule has 1 aromatic heterocycles. The van der Waals surface area contributed by atoms with E-state index in [0.29, 0.717) is 6.04 Å². The van der Waals surface area contributed by atoms with Crippen LogP contribution >= 0.6 is 0 Å².